The molecule has 0 atom stereocenters. The van der Waals surface area contributed by atoms with Gasteiger partial charge in [0.2, 0.25) is 5.95 Å². The summed E-state index contributed by atoms with van der Waals surface area (Å²) in [7, 11) is 7.14. The van der Waals surface area contributed by atoms with Crippen LogP contribution in [-0.2, 0) is 11.8 Å². The number of rotatable bonds is 11. The second-order valence-corrected chi connectivity index (χ2v) is 9.04. The molecular weight excluding hydrogens is 516 g/mol. The van der Waals surface area contributed by atoms with Crippen LogP contribution in [0.4, 0.5) is 23.0 Å². The van der Waals surface area contributed by atoms with Crippen molar-refractivity contribution in [1.82, 2.24) is 19.4 Å². The number of fused-ring (bicyclic) bond motifs is 1. The van der Waals surface area contributed by atoms with Gasteiger partial charge in [-0.3, -0.25) is 10.1 Å². The fourth-order valence-electron chi connectivity index (χ4n) is 4.16. The summed E-state index contributed by atoms with van der Waals surface area (Å²) in [4.78, 5) is 35.0. The van der Waals surface area contributed by atoms with Gasteiger partial charge in [0.15, 0.2) is 6.61 Å². The second-order valence-electron chi connectivity index (χ2n) is 9.04. The summed E-state index contributed by atoms with van der Waals surface area (Å²) in [6.45, 7) is 0.738. The largest absolute Gasteiger partial charge is 0.494 e. The average Bonchev–Trinajstić information content (AvgIpc) is 3.28. The maximum absolute atomic E-state index is 12.8. The molecule has 0 saturated carbocycles. The van der Waals surface area contributed by atoms with E-state index in [1.54, 1.807) is 6.07 Å². The number of nitro benzene ring substituents is 1. The summed E-state index contributed by atoms with van der Waals surface area (Å²) >= 11 is 0. The fourth-order valence-corrected chi connectivity index (χ4v) is 4.16. The maximum Gasteiger partial charge on any atom is 0.342 e. The summed E-state index contributed by atoms with van der Waals surface area (Å²) in [6.07, 6.45) is 3.13. The van der Waals surface area contributed by atoms with Gasteiger partial charge in [0.25, 0.3) is 5.69 Å². The number of ether oxygens (including phenoxy) is 2. The van der Waals surface area contributed by atoms with Crippen molar-refractivity contribution in [2.45, 2.75) is 0 Å². The number of esters is 1. The zero-order chi connectivity index (χ0) is 28.8. The van der Waals surface area contributed by atoms with E-state index in [1.165, 1.54) is 25.4 Å². The topological polar surface area (TPSA) is 160 Å². The Labute approximate surface area is 230 Å². The minimum Gasteiger partial charge on any atom is -0.494 e. The molecule has 40 heavy (non-hydrogen) atoms. The first-order valence-corrected chi connectivity index (χ1v) is 12.2. The van der Waals surface area contributed by atoms with E-state index in [1.807, 2.05) is 61.1 Å². The SMILES string of the molecule is COc1cc(NCCN(C)C)c([N+](=O)[O-])cc1Nc1ncc(C(=O)OCC#N)c(-c2cn(C)c3ccccc23)n1. The van der Waals surface area contributed by atoms with Crippen molar-refractivity contribution in [3.05, 3.63) is 64.5 Å². The van der Waals surface area contributed by atoms with E-state index in [4.69, 9.17) is 14.7 Å². The van der Waals surface area contributed by atoms with Crippen LogP contribution in [-0.4, -0.2) is 71.2 Å². The average molecular weight is 545 g/mol. The van der Waals surface area contributed by atoms with Crippen molar-refractivity contribution in [2.75, 3.05) is 51.5 Å². The number of benzene rings is 2. The van der Waals surface area contributed by atoms with Gasteiger partial charge in [0.1, 0.15) is 23.1 Å². The number of nitrogens with zero attached hydrogens (tertiary/aromatic N) is 6. The molecule has 0 radical (unpaired) electrons. The van der Waals surface area contributed by atoms with E-state index in [0.29, 0.717) is 30.1 Å². The lowest BCUT2D eigenvalue weighted by atomic mass is 10.1. The highest BCUT2D eigenvalue weighted by molar-refractivity contribution is 6.03. The van der Waals surface area contributed by atoms with Crippen LogP contribution in [0, 0.1) is 21.4 Å². The van der Waals surface area contributed by atoms with E-state index in [-0.39, 0.29) is 28.6 Å². The van der Waals surface area contributed by atoms with Gasteiger partial charge in [-0.1, -0.05) is 18.2 Å². The molecule has 2 aromatic heterocycles. The van der Waals surface area contributed by atoms with Crippen LogP contribution in [0.5, 0.6) is 5.75 Å². The van der Waals surface area contributed by atoms with Crippen molar-refractivity contribution in [1.29, 1.82) is 5.26 Å². The Morgan fingerprint density at radius 2 is 2.02 bits per heavy atom. The number of hydrogen-bond donors (Lipinski definition) is 2. The number of aromatic nitrogens is 3. The molecule has 0 bridgehead atoms. The molecule has 206 valence electrons. The molecule has 0 amide bonds. The predicted molar refractivity (Wildman–Crippen MR) is 150 cm³/mol. The highest BCUT2D eigenvalue weighted by atomic mass is 16.6. The van der Waals surface area contributed by atoms with Crippen LogP contribution in [0.2, 0.25) is 0 Å². The van der Waals surface area contributed by atoms with Crippen molar-refractivity contribution in [3.63, 3.8) is 0 Å². The van der Waals surface area contributed by atoms with Crippen LogP contribution < -0.4 is 15.4 Å². The quantitative estimate of drug-likeness (QED) is 0.160. The predicted octanol–water partition coefficient (Wildman–Crippen LogP) is 3.95. The fraction of sp³-hybridized carbons (Fsp3) is 0.259. The molecule has 0 aliphatic rings. The summed E-state index contributed by atoms with van der Waals surface area (Å²) in [5, 5.41) is 27.7. The van der Waals surface area contributed by atoms with E-state index < -0.39 is 17.5 Å². The molecule has 13 nitrogen and oxygen atoms in total. The first-order chi connectivity index (χ1) is 19.2. The Morgan fingerprint density at radius 1 is 1.25 bits per heavy atom. The number of carbonyl (C=O) groups excluding carboxylic acids is 1. The van der Waals surface area contributed by atoms with E-state index in [9.17, 15) is 14.9 Å². The molecule has 0 spiro atoms. The van der Waals surface area contributed by atoms with Crippen LogP contribution in [0.3, 0.4) is 0 Å². The summed E-state index contributed by atoms with van der Waals surface area (Å²) < 4.78 is 12.4. The number of likely N-dealkylation sites (N-methyl/N-ethyl adjacent to an activating group) is 1. The lowest BCUT2D eigenvalue weighted by Gasteiger charge is -2.15. The lowest BCUT2D eigenvalue weighted by Crippen LogP contribution is -2.21. The summed E-state index contributed by atoms with van der Waals surface area (Å²) in [6, 6.07) is 12.3. The number of methoxy groups -OCH3 is 1. The van der Waals surface area contributed by atoms with Gasteiger partial charge in [0.05, 0.1) is 23.4 Å². The van der Waals surface area contributed by atoms with Crippen LogP contribution in [0.15, 0.2) is 48.8 Å². The molecule has 4 aromatic rings. The van der Waals surface area contributed by atoms with Gasteiger partial charge in [-0.25, -0.2) is 14.8 Å². The Morgan fingerprint density at radius 3 is 2.73 bits per heavy atom. The Hall–Kier alpha value is -5.22. The molecule has 0 aliphatic carbocycles. The monoisotopic (exact) mass is 544 g/mol. The number of anilines is 3. The van der Waals surface area contributed by atoms with Crippen LogP contribution in [0.25, 0.3) is 22.2 Å². The standard InChI is InChI=1S/C27H28N8O5/c1-33(2)11-10-29-20-14-24(39-4)21(13-23(20)35(37)38)31-27-30-15-18(26(36)40-12-9-28)25(32-27)19-16-34(3)22-8-6-5-7-17(19)22/h5-8,13-16,29H,10-12H2,1-4H3,(H,30,31,32). The minimum absolute atomic E-state index is 0.0653. The number of nitrogens with one attached hydrogen (secondary N) is 2. The number of hydrogen-bond acceptors (Lipinski definition) is 11. The van der Waals surface area contributed by atoms with Crippen molar-refractivity contribution >= 4 is 39.9 Å². The van der Waals surface area contributed by atoms with E-state index >= 15 is 0 Å². The minimum atomic E-state index is -0.752. The molecule has 0 unspecified atom stereocenters. The Kier molecular flexibility index (Phi) is 8.41. The van der Waals surface area contributed by atoms with Crippen LogP contribution >= 0.6 is 0 Å². The highest BCUT2D eigenvalue weighted by Gasteiger charge is 2.23. The van der Waals surface area contributed by atoms with Crippen molar-refractivity contribution < 1.29 is 19.2 Å². The third-order valence-corrected chi connectivity index (χ3v) is 6.06. The maximum atomic E-state index is 12.8. The molecule has 4 rings (SSSR count). The molecular formula is C27H28N8O5. The zero-order valence-electron chi connectivity index (χ0n) is 22.5. The molecule has 13 heteroatoms. The third kappa shape index (κ3) is 5.92. The number of nitriles is 1. The van der Waals surface area contributed by atoms with Gasteiger partial charge in [0, 0.05) is 61.1 Å². The molecule has 2 aromatic carbocycles. The Balaban J connectivity index is 1.78. The number of nitro groups is 1. The third-order valence-electron chi connectivity index (χ3n) is 6.06. The summed E-state index contributed by atoms with van der Waals surface area (Å²) in [5.41, 5.74) is 2.30. The van der Waals surface area contributed by atoms with Gasteiger partial charge < -0.3 is 29.6 Å². The molecule has 0 saturated heterocycles. The van der Waals surface area contributed by atoms with Crippen molar-refractivity contribution in [3.8, 4) is 23.1 Å². The molecule has 2 N–H and O–H groups in total. The summed E-state index contributed by atoms with van der Waals surface area (Å²) in [5.74, 6) is -0.358. The van der Waals surface area contributed by atoms with E-state index in [2.05, 4.69) is 20.6 Å². The smallest absolute Gasteiger partial charge is 0.342 e. The van der Waals surface area contributed by atoms with Crippen LogP contribution in [0.1, 0.15) is 10.4 Å². The first kappa shape index (κ1) is 27.8. The zero-order valence-corrected chi connectivity index (χ0v) is 22.5. The van der Waals surface area contributed by atoms with Gasteiger partial charge >= 0.3 is 5.97 Å². The van der Waals surface area contributed by atoms with Gasteiger partial charge in [-0.05, 0) is 20.2 Å². The highest BCUT2D eigenvalue weighted by Crippen LogP contribution is 2.38. The normalized spacial score (nSPS) is 10.8. The number of aryl methyl sites for hydroxylation is 1. The first-order valence-electron chi connectivity index (χ1n) is 12.2. The molecule has 0 fully saturated rings. The van der Waals surface area contributed by atoms with Gasteiger partial charge in [-0.15, -0.1) is 0 Å². The Bertz CT molecular complexity index is 1610. The van der Waals surface area contributed by atoms with Gasteiger partial charge in [-0.2, -0.15) is 5.26 Å². The second kappa shape index (κ2) is 12.1. The van der Waals surface area contributed by atoms with Crippen molar-refractivity contribution in [2.24, 2.45) is 7.05 Å². The number of carbonyl (C=O) groups is 1. The number of para-hydroxylation sites is 1. The lowest BCUT2D eigenvalue weighted by molar-refractivity contribution is -0.383. The van der Waals surface area contributed by atoms with E-state index in [0.717, 1.165) is 10.9 Å². The molecule has 2 heterocycles. The molecule has 0 aliphatic heterocycles.